The maximum atomic E-state index is 4.43. The number of benzene rings is 5. The lowest BCUT2D eigenvalue weighted by molar-refractivity contribution is 1.16. The Morgan fingerprint density at radius 2 is 0.727 bits per heavy atom. The normalized spacial score (nSPS) is 11.6. The van der Waals surface area contributed by atoms with Crippen LogP contribution in [0.5, 0.6) is 0 Å². The van der Waals surface area contributed by atoms with Gasteiger partial charge in [-0.25, -0.2) is 19.9 Å². The molecule has 0 bridgehead atoms. The van der Waals surface area contributed by atoms with Gasteiger partial charge < -0.3 is 9.13 Å². The average Bonchev–Trinajstić information content (AvgIpc) is 3.60. The second-order valence-electron chi connectivity index (χ2n) is 10.8. The minimum absolute atomic E-state index is 0.722. The molecule has 6 nitrogen and oxygen atoms in total. The van der Waals surface area contributed by atoms with Crippen LogP contribution >= 0.6 is 0 Å². The smallest absolute Gasteiger partial charge is 0.159 e. The SMILES string of the molecule is c1cnc(-c2ccc(-n3c4ccccc4c4cc5c(cc43)c3ccccc3n5-c3ccc(-c4ncccn4)cc3)cc2)nc1. The summed E-state index contributed by atoms with van der Waals surface area (Å²) in [6.45, 7) is 0. The molecule has 0 aliphatic heterocycles. The first-order valence-corrected chi connectivity index (χ1v) is 14.6. The highest BCUT2D eigenvalue weighted by atomic mass is 15.0. The van der Waals surface area contributed by atoms with Gasteiger partial charge in [-0.15, -0.1) is 0 Å². The second-order valence-corrected chi connectivity index (χ2v) is 10.8. The summed E-state index contributed by atoms with van der Waals surface area (Å²) in [5.41, 5.74) is 8.85. The van der Waals surface area contributed by atoms with Crippen LogP contribution in [0.25, 0.3) is 77.8 Å². The lowest BCUT2D eigenvalue weighted by Crippen LogP contribution is -1.95. The fourth-order valence-electron chi connectivity index (χ4n) is 6.40. The van der Waals surface area contributed by atoms with E-state index in [1.54, 1.807) is 24.8 Å². The predicted molar refractivity (Wildman–Crippen MR) is 177 cm³/mol. The van der Waals surface area contributed by atoms with E-state index in [1.807, 2.05) is 12.1 Å². The first-order valence-electron chi connectivity index (χ1n) is 14.6. The molecular formula is C38H24N6. The van der Waals surface area contributed by atoms with Crippen LogP contribution in [0.2, 0.25) is 0 Å². The first-order chi connectivity index (χ1) is 21.8. The largest absolute Gasteiger partial charge is 0.309 e. The number of hydrogen-bond donors (Lipinski definition) is 0. The Bertz CT molecular complexity index is 2280. The highest BCUT2D eigenvalue weighted by Crippen LogP contribution is 2.39. The molecule has 0 amide bonds. The van der Waals surface area contributed by atoms with Crippen LogP contribution < -0.4 is 0 Å². The van der Waals surface area contributed by atoms with E-state index in [4.69, 9.17) is 0 Å². The van der Waals surface area contributed by atoms with Gasteiger partial charge in [0.05, 0.1) is 22.1 Å². The van der Waals surface area contributed by atoms with Crippen molar-refractivity contribution in [2.24, 2.45) is 0 Å². The molecule has 4 heterocycles. The van der Waals surface area contributed by atoms with E-state index in [9.17, 15) is 0 Å². The van der Waals surface area contributed by atoms with Gasteiger partial charge in [0.25, 0.3) is 0 Å². The van der Waals surface area contributed by atoms with Crippen LogP contribution in [0.1, 0.15) is 0 Å². The van der Waals surface area contributed by atoms with Crippen molar-refractivity contribution in [3.63, 3.8) is 0 Å². The number of nitrogens with zero attached hydrogens (tertiary/aromatic N) is 6. The molecule has 9 rings (SSSR count). The van der Waals surface area contributed by atoms with Crippen molar-refractivity contribution in [1.82, 2.24) is 29.1 Å². The Morgan fingerprint density at radius 1 is 0.341 bits per heavy atom. The van der Waals surface area contributed by atoms with E-state index in [0.717, 1.165) is 34.2 Å². The van der Waals surface area contributed by atoms with Crippen LogP contribution in [0.15, 0.2) is 146 Å². The minimum atomic E-state index is 0.722. The first kappa shape index (κ1) is 24.5. The van der Waals surface area contributed by atoms with Gasteiger partial charge in [0.15, 0.2) is 11.6 Å². The third kappa shape index (κ3) is 3.75. The monoisotopic (exact) mass is 564 g/mol. The van der Waals surface area contributed by atoms with Gasteiger partial charge >= 0.3 is 0 Å². The standard InChI is InChI=1S/C38H24N6/c1-3-9-33-29(7-1)31-23-36-32(24-35(31)43(33)27-15-11-25(12-16-27)37-39-19-5-20-40-37)30-8-2-4-10-34(30)44(36)28-17-13-26(14-18-28)38-41-21-6-22-42-38/h1-24H. The summed E-state index contributed by atoms with van der Waals surface area (Å²) in [4.78, 5) is 17.7. The molecule has 206 valence electrons. The summed E-state index contributed by atoms with van der Waals surface area (Å²) in [5, 5.41) is 4.85. The van der Waals surface area contributed by atoms with Crippen molar-refractivity contribution < 1.29 is 0 Å². The average molecular weight is 565 g/mol. The van der Waals surface area contributed by atoms with E-state index in [1.165, 1.54) is 43.6 Å². The molecule has 0 N–H and O–H groups in total. The Balaban J connectivity index is 1.28. The molecule has 44 heavy (non-hydrogen) atoms. The molecule has 5 aromatic carbocycles. The number of rotatable bonds is 4. The van der Waals surface area contributed by atoms with Crippen molar-refractivity contribution >= 4 is 43.6 Å². The fourth-order valence-corrected chi connectivity index (χ4v) is 6.40. The molecule has 9 aromatic rings. The van der Waals surface area contributed by atoms with E-state index in [2.05, 4.69) is 138 Å². The van der Waals surface area contributed by atoms with E-state index >= 15 is 0 Å². The second kappa shape index (κ2) is 9.71. The topological polar surface area (TPSA) is 61.4 Å². The van der Waals surface area contributed by atoms with Crippen molar-refractivity contribution in [2.75, 3.05) is 0 Å². The van der Waals surface area contributed by atoms with Crippen LogP contribution in [-0.2, 0) is 0 Å². The lowest BCUT2D eigenvalue weighted by atomic mass is 10.1. The molecule has 0 unspecified atom stereocenters. The molecule has 4 aromatic heterocycles. The zero-order chi connectivity index (χ0) is 29.0. The van der Waals surface area contributed by atoms with E-state index in [0.29, 0.717) is 0 Å². The number of para-hydroxylation sites is 2. The van der Waals surface area contributed by atoms with Crippen LogP contribution in [-0.4, -0.2) is 29.1 Å². The van der Waals surface area contributed by atoms with Crippen molar-refractivity contribution in [3.8, 4) is 34.2 Å². The lowest BCUT2D eigenvalue weighted by Gasteiger charge is -2.10. The maximum Gasteiger partial charge on any atom is 0.159 e. The summed E-state index contributed by atoms with van der Waals surface area (Å²) in [6.07, 6.45) is 7.10. The van der Waals surface area contributed by atoms with Gasteiger partial charge in [-0.05, 0) is 84.9 Å². The number of fused-ring (bicyclic) bond motifs is 6. The van der Waals surface area contributed by atoms with Gasteiger partial charge in [-0.1, -0.05) is 36.4 Å². The van der Waals surface area contributed by atoms with Gasteiger partial charge in [-0.3, -0.25) is 0 Å². The Labute approximate surface area is 252 Å². The molecule has 0 radical (unpaired) electrons. The Hall–Kier alpha value is -6.14. The van der Waals surface area contributed by atoms with Crippen molar-refractivity contribution in [3.05, 3.63) is 146 Å². The van der Waals surface area contributed by atoms with Gasteiger partial charge in [-0.2, -0.15) is 0 Å². The molecule has 0 atom stereocenters. The minimum Gasteiger partial charge on any atom is -0.309 e. The fraction of sp³-hybridized carbons (Fsp3) is 0. The summed E-state index contributed by atoms with van der Waals surface area (Å²) < 4.78 is 4.72. The van der Waals surface area contributed by atoms with Crippen molar-refractivity contribution in [1.29, 1.82) is 0 Å². The molecule has 6 heteroatoms. The van der Waals surface area contributed by atoms with Gasteiger partial charge in [0, 0.05) is 68.8 Å². The molecule has 0 saturated carbocycles. The van der Waals surface area contributed by atoms with Crippen LogP contribution in [0, 0.1) is 0 Å². The zero-order valence-electron chi connectivity index (χ0n) is 23.5. The van der Waals surface area contributed by atoms with Gasteiger partial charge in [0.2, 0.25) is 0 Å². The van der Waals surface area contributed by atoms with Crippen LogP contribution in [0.3, 0.4) is 0 Å². The van der Waals surface area contributed by atoms with Crippen LogP contribution in [0.4, 0.5) is 0 Å². The molecular weight excluding hydrogens is 540 g/mol. The number of aromatic nitrogens is 6. The summed E-state index contributed by atoms with van der Waals surface area (Å²) in [5.74, 6) is 1.44. The molecule has 0 aliphatic carbocycles. The van der Waals surface area contributed by atoms with E-state index < -0.39 is 0 Å². The third-order valence-corrected chi connectivity index (χ3v) is 8.37. The summed E-state index contributed by atoms with van der Waals surface area (Å²) in [7, 11) is 0. The summed E-state index contributed by atoms with van der Waals surface area (Å²) in [6, 6.07) is 42.7. The molecule has 0 spiro atoms. The molecule has 0 fully saturated rings. The Kier molecular flexibility index (Phi) is 5.40. The third-order valence-electron chi connectivity index (χ3n) is 8.37. The Morgan fingerprint density at radius 3 is 1.14 bits per heavy atom. The zero-order valence-corrected chi connectivity index (χ0v) is 23.5. The molecule has 0 aliphatic rings. The predicted octanol–water partition coefficient (Wildman–Crippen LogP) is 8.79. The highest BCUT2D eigenvalue weighted by molar-refractivity contribution is 6.19. The van der Waals surface area contributed by atoms with Gasteiger partial charge in [0.1, 0.15) is 0 Å². The summed E-state index contributed by atoms with van der Waals surface area (Å²) >= 11 is 0. The number of hydrogen-bond acceptors (Lipinski definition) is 4. The highest BCUT2D eigenvalue weighted by Gasteiger charge is 2.18. The molecule has 0 saturated heterocycles. The quantitative estimate of drug-likeness (QED) is 0.214. The van der Waals surface area contributed by atoms with E-state index in [-0.39, 0.29) is 0 Å². The maximum absolute atomic E-state index is 4.43. The van der Waals surface area contributed by atoms with Crippen molar-refractivity contribution in [2.45, 2.75) is 0 Å².